The van der Waals surface area contributed by atoms with E-state index < -0.39 is 5.60 Å². The zero-order valence-electron chi connectivity index (χ0n) is 13.5. The summed E-state index contributed by atoms with van der Waals surface area (Å²) in [6.45, 7) is 11.0. The predicted molar refractivity (Wildman–Crippen MR) is 80.6 cm³/mol. The average molecular weight is 297 g/mol. The highest BCUT2D eigenvalue weighted by Crippen LogP contribution is 2.31. The molecule has 1 atom stereocenters. The summed E-state index contributed by atoms with van der Waals surface area (Å²) < 4.78 is 11.5. The van der Waals surface area contributed by atoms with Gasteiger partial charge in [0.15, 0.2) is 0 Å². The molecule has 2 heterocycles. The molecule has 1 unspecified atom stereocenters. The maximum absolute atomic E-state index is 12.2. The summed E-state index contributed by atoms with van der Waals surface area (Å²) in [5.41, 5.74) is 5.87. The lowest BCUT2D eigenvalue weighted by Crippen LogP contribution is -2.55. The Kier molecular flexibility index (Phi) is 4.37. The summed E-state index contributed by atoms with van der Waals surface area (Å²) >= 11 is 0. The molecule has 0 radical (unpaired) electrons. The molecule has 120 valence electrons. The smallest absolute Gasteiger partial charge is 0.410 e. The second-order valence-corrected chi connectivity index (χ2v) is 6.91. The molecule has 1 amide bonds. The molecule has 2 aliphatic rings. The lowest BCUT2D eigenvalue weighted by atomic mass is 10.0. The summed E-state index contributed by atoms with van der Waals surface area (Å²) in [5.74, 6) is 0. The summed E-state index contributed by atoms with van der Waals surface area (Å²) in [6.07, 6.45) is 2.26. The number of ether oxygens (including phenoxy) is 2. The van der Waals surface area contributed by atoms with Gasteiger partial charge in [0.1, 0.15) is 11.2 Å². The van der Waals surface area contributed by atoms with Crippen molar-refractivity contribution < 1.29 is 14.3 Å². The normalized spacial score (nSPS) is 27.3. The molecule has 2 aliphatic heterocycles. The molecule has 21 heavy (non-hydrogen) atoms. The summed E-state index contributed by atoms with van der Waals surface area (Å²) in [6, 6.07) is 0. The Morgan fingerprint density at radius 1 is 1.29 bits per heavy atom. The molecule has 0 aliphatic carbocycles. The molecule has 2 rings (SSSR count). The van der Waals surface area contributed by atoms with Crippen LogP contribution in [0.15, 0.2) is 11.9 Å². The van der Waals surface area contributed by atoms with E-state index in [-0.39, 0.29) is 11.7 Å². The van der Waals surface area contributed by atoms with Gasteiger partial charge in [0.2, 0.25) is 0 Å². The molecule has 0 aromatic rings. The summed E-state index contributed by atoms with van der Waals surface area (Å²) in [4.78, 5) is 16.2. The number of nitrogens with two attached hydrogens (primary N) is 1. The van der Waals surface area contributed by atoms with Crippen molar-refractivity contribution in [1.82, 2.24) is 9.80 Å². The maximum atomic E-state index is 12.2. The first-order chi connectivity index (χ1) is 9.75. The van der Waals surface area contributed by atoms with Gasteiger partial charge in [-0.15, -0.1) is 0 Å². The first-order valence-corrected chi connectivity index (χ1v) is 7.50. The van der Waals surface area contributed by atoms with Crippen LogP contribution in [0.4, 0.5) is 4.79 Å². The molecule has 6 heteroatoms. The maximum Gasteiger partial charge on any atom is 0.410 e. The molecule has 2 saturated heterocycles. The number of hydrogen-bond donors (Lipinski definition) is 1. The fourth-order valence-corrected chi connectivity index (χ4v) is 2.83. The molecular weight excluding hydrogens is 270 g/mol. The molecule has 2 fully saturated rings. The lowest BCUT2D eigenvalue weighted by Gasteiger charge is -2.40. The highest BCUT2D eigenvalue weighted by Gasteiger charge is 2.44. The van der Waals surface area contributed by atoms with E-state index in [4.69, 9.17) is 15.2 Å². The minimum atomic E-state index is -0.469. The van der Waals surface area contributed by atoms with Crippen LogP contribution in [0.5, 0.6) is 0 Å². The van der Waals surface area contributed by atoms with Gasteiger partial charge in [0, 0.05) is 31.5 Å². The van der Waals surface area contributed by atoms with Crippen molar-refractivity contribution >= 4 is 6.09 Å². The van der Waals surface area contributed by atoms with Crippen molar-refractivity contribution in [1.29, 1.82) is 0 Å². The van der Waals surface area contributed by atoms with E-state index in [2.05, 4.69) is 4.90 Å². The number of amides is 1. The highest BCUT2D eigenvalue weighted by molar-refractivity contribution is 5.68. The fraction of sp³-hybridized carbons (Fsp3) is 0.800. The third-order valence-electron chi connectivity index (χ3n) is 3.96. The average Bonchev–Trinajstić information content (AvgIpc) is 2.79. The summed E-state index contributed by atoms with van der Waals surface area (Å²) in [5, 5.41) is 0. The largest absolute Gasteiger partial charge is 0.444 e. The Balaban J connectivity index is 2.00. The molecule has 0 aromatic carbocycles. The first-order valence-electron chi connectivity index (χ1n) is 7.50. The Hall–Kier alpha value is -1.43. The number of likely N-dealkylation sites (tertiary alicyclic amines) is 1. The predicted octanol–water partition coefficient (Wildman–Crippen LogP) is 1.52. The third-order valence-corrected chi connectivity index (χ3v) is 3.96. The number of rotatable bonds is 1. The quantitative estimate of drug-likeness (QED) is 0.795. The Bertz CT molecular complexity index is 430. The van der Waals surface area contributed by atoms with E-state index in [0.717, 1.165) is 25.2 Å². The number of hydrogen-bond acceptors (Lipinski definition) is 5. The van der Waals surface area contributed by atoms with E-state index >= 15 is 0 Å². The monoisotopic (exact) mass is 297 g/mol. The summed E-state index contributed by atoms with van der Waals surface area (Å²) in [7, 11) is 0. The van der Waals surface area contributed by atoms with Crippen molar-refractivity contribution in [3.8, 4) is 0 Å². The van der Waals surface area contributed by atoms with Gasteiger partial charge < -0.3 is 25.0 Å². The van der Waals surface area contributed by atoms with E-state index in [1.54, 1.807) is 11.1 Å². The molecular formula is C15H27N3O3. The van der Waals surface area contributed by atoms with Crippen LogP contribution >= 0.6 is 0 Å². The lowest BCUT2D eigenvalue weighted by molar-refractivity contribution is -0.100. The number of nitrogens with zero attached hydrogens (tertiary/aromatic N) is 2. The number of morpholine rings is 1. The molecule has 6 nitrogen and oxygen atoms in total. The zero-order valence-corrected chi connectivity index (χ0v) is 13.5. The topological polar surface area (TPSA) is 68.0 Å². The number of carbonyl (C=O) groups excluding carboxylic acids is 1. The van der Waals surface area contributed by atoms with Crippen LogP contribution in [0.3, 0.4) is 0 Å². The van der Waals surface area contributed by atoms with Crippen LogP contribution in [0.25, 0.3) is 0 Å². The van der Waals surface area contributed by atoms with Crippen LogP contribution in [0.1, 0.15) is 34.1 Å². The van der Waals surface area contributed by atoms with Crippen molar-refractivity contribution in [3.63, 3.8) is 0 Å². The van der Waals surface area contributed by atoms with Gasteiger partial charge in [-0.2, -0.15) is 0 Å². The van der Waals surface area contributed by atoms with Crippen LogP contribution < -0.4 is 5.73 Å². The van der Waals surface area contributed by atoms with E-state index in [1.165, 1.54) is 0 Å². The minimum Gasteiger partial charge on any atom is -0.444 e. The van der Waals surface area contributed by atoms with Gasteiger partial charge in [-0.05, 0) is 34.1 Å². The first kappa shape index (κ1) is 15.9. The van der Waals surface area contributed by atoms with Crippen LogP contribution in [-0.2, 0) is 9.47 Å². The van der Waals surface area contributed by atoms with Gasteiger partial charge in [-0.25, -0.2) is 4.79 Å². The molecule has 0 bridgehead atoms. The Morgan fingerprint density at radius 3 is 2.57 bits per heavy atom. The van der Waals surface area contributed by atoms with Gasteiger partial charge >= 0.3 is 6.09 Å². The second kappa shape index (κ2) is 5.75. The van der Waals surface area contributed by atoms with Crippen molar-refractivity contribution in [2.24, 2.45) is 5.73 Å². The van der Waals surface area contributed by atoms with Crippen LogP contribution in [-0.4, -0.2) is 59.9 Å². The van der Waals surface area contributed by atoms with Crippen molar-refractivity contribution in [2.75, 3.05) is 32.8 Å². The second-order valence-electron chi connectivity index (χ2n) is 6.91. The molecule has 1 spiro atoms. The van der Waals surface area contributed by atoms with Gasteiger partial charge in [0.05, 0.1) is 13.2 Å². The standard InChI is InChI=1S/C15H27N3O3/c1-12(9-16)17-6-5-15(10-17)11-18(7-8-20-15)13(19)21-14(2,3)4/h9H,5-8,10-11,16H2,1-4H3/b12-9+. The van der Waals surface area contributed by atoms with Crippen LogP contribution in [0.2, 0.25) is 0 Å². The van der Waals surface area contributed by atoms with E-state index in [9.17, 15) is 4.79 Å². The van der Waals surface area contributed by atoms with E-state index in [1.807, 2.05) is 27.7 Å². The van der Waals surface area contributed by atoms with Gasteiger partial charge in [0.25, 0.3) is 0 Å². The van der Waals surface area contributed by atoms with Crippen LogP contribution in [0, 0.1) is 0 Å². The fourth-order valence-electron chi connectivity index (χ4n) is 2.83. The minimum absolute atomic E-state index is 0.255. The Morgan fingerprint density at radius 2 is 1.95 bits per heavy atom. The number of allylic oxidation sites excluding steroid dienone is 1. The van der Waals surface area contributed by atoms with Crippen molar-refractivity contribution in [3.05, 3.63) is 11.9 Å². The zero-order chi connectivity index (χ0) is 15.7. The van der Waals surface area contributed by atoms with Crippen molar-refractivity contribution in [2.45, 2.75) is 45.3 Å². The molecule has 0 saturated carbocycles. The number of carbonyl (C=O) groups is 1. The molecule has 2 N–H and O–H groups in total. The molecule has 0 aromatic heterocycles. The van der Waals surface area contributed by atoms with E-state index in [0.29, 0.717) is 19.7 Å². The van der Waals surface area contributed by atoms with Gasteiger partial charge in [-0.1, -0.05) is 0 Å². The Labute approximate surface area is 126 Å². The highest BCUT2D eigenvalue weighted by atomic mass is 16.6. The third kappa shape index (κ3) is 3.81. The van der Waals surface area contributed by atoms with Gasteiger partial charge in [-0.3, -0.25) is 0 Å². The SMILES string of the molecule is C/C(=C\N)N1CCC2(CN(C(=O)OC(C)(C)C)CCO2)C1.